The van der Waals surface area contributed by atoms with Crippen LogP contribution < -0.4 is 0 Å². The first-order chi connectivity index (χ1) is 17.7. The molecule has 5 heteroatoms. The number of hydrogen-bond donors (Lipinski definition) is 2. The number of rotatable bonds is 4. The first-order valence-corrected chi connectivity index (χ1v) is 20.0. The summed E-state index contributed by atoms with van der Waals surface area (Å²) in [6, 6.07) is 18.5. The molecule has 0 aliphatic heterocycles. The van der Waals surface area contributed by atoms with Gasteiger partial charge in [0.15, 0.2) is 0 Å². The van der Waals surface area contributed by atoms with Crippen molar-refractivity contribution in [2.24, 2.45) is 8.58 Å². The molecule has 3 rings (SSSR count). The third-order valence-corrected chi connectivity index (χ3v) is 17.8. The zero-order valence-electron chi connectivity index (χ0n) is 25.9. The van der Waals surface area contributed by atoms with E-state index in [2.05, 4.69) is 100 Å². The fraction of sp³-hybridized carbons (Fsp3) is 0.441. The molecule has 0 bridgehead atoms. The predicted molar refractivity (Wildman–Crippen MR) is 167 cm³/mol. The first kappa shape index (κ1) is 31.4. The van der Waals surface area contributed by atoms with Gasteiger partial charge in [0.25, 0.3) is 0 Å². The second-order valence-corrected chi connectivity index (χ2v) is 23.2. The van der Waals surface area contributed by atoms with Gasteiger partial charge in [-0.05, 0) is 0 Å². The average molecular weight is 714 g/mol. The Hall–Kier alpha value is -2.16. The molecule has 2 N–H and O–H groups in total. The molecule has 3 aromatic rings. The summed E-state index contributed by atoms with van der Waals surface area (Å²) < 4.78 is 6.74. The third-order valence-electron chi connectivity index (χ3n) is 6.65. The fourth-order valence-corrected chi connectivity index (χ4v) is 11.1. The number of hydrogen-bond acceptors (Lipinski definition) is 3. The van der Waals surface area contributed by atoms with Crippen LogP contribution in [0.3, 0.4) is 0 Å². The van der Waals surface area contributed by atoms with Crippen LogP contribution >= 0.6 is 0 Å². The molecule has 0 atom stereocenters. The summed E-state index contributed by atoms with van der Waals surface area (Å²) >= 11 is -1.31. The second kappa shape index (κ2) is 11.0. The van der Waals surface area contributed by atoms with Gasteiger partial charge in [-0.25, -0.2) is 0 Å². The van der Waals surface area contributed by atoms with E-state index in [9.17, 15) is 10.2 Å². The van der Waals surface area contributed by atoms with Gasteiger partial charge in [-0.15, -0.1) is 0 Å². The maximum absolute atomic E-state index is 11.7. The molecule has 0 saturated heterocycles. The van der Waals surface area contributed by atoms with Gasteiger partial charge < -0.3 is 0 Å². The molecule has 0 heterocycles. The summed E-state index contributed by atoms with van der Waals surface area (Å²) in [6.45, 7) is 26.5. The molecule has 0 saturated carbocycles. The van der Waals surface area contributed by atoms with Crippen LogP contribution in [0.2, 0.25) is 19.6 Å². The van der Waals surface area contributed by atoms with Gasteiger partial charge in [0.1, 0.15) is 0 Å². The summed E-state index contributed by atoms with van der Waals surface area (Å²) in [5, 5.41) is 23.3. The molecule has 3 nitrogen and oxygen atoms in total. The van der Waals surface area contributed by atoms with Crippen molar-refractivity contribution in [3.05, 3.63) is 71.3 Å². The van der Waals surface area contributed by atoms with Crippen molar-refractivity contribution < 1.29 is 28.1 Å². The van der Waals surface area contributed by atoms with E-state index in [1.165, 1.54) is 3.90 Å². The van der Waals surface area contributed by atoms with Crippen LogP contribution in [-0.4, -0.2) is 22.3 Å². The van der Waals surface area contributed by atoms with E-state index in [-0.39, 0.29) is 16.2 Å². The van der Waals surface area contributed by atoms with E-state index in [0.29, 0.717) is 11.5 Å². The van der Waals surface area contributed by atoms with Crippen molar-refractivity contribution in [1.29, 1.82) is 0 Å². The molecule has 0 radical (unpaired) electrons. The van der Waals surface area contributed by atoms with Gasteiger partial charge >= 0.3 is 247 Å². The van der Waals surface area contributed by atoms with Crippen molar-refractivity contribution in [2.45, 2.75) is 92.8 Å². The van der Waals surface area contributed by atoms with Gasteiger partial charge in [0, 0.05) is 0 Å². The van der Waals surface area contributed by atoms with Gasteiger partial charge in [-0.3, -0.25) is 0 Å². The Bertz CT molecular complexity index is 1360. The zero-order valence-corrected chi connectivity index (χ0v) is 29.9. The number of phenols is 2. The molecule has 0 unspecified atom stereocenters. The van der Waals surface area contributed by atoms with Crippen molar-refractivity contribution >= 4 is 12.1 Å². The van der Waals surface area contributed by atoms with E-state index in [1.807, 2.05) is 36.4 Å². The Labute approximate surface area is 245 Å². The molecule has 0 fully saturated rings. The number of nitrogens with zero attached hydrogens (tertiary/aromatic N) is 1. The van der Waals surface area contributed by atoms with E-state index < -0.39 is 26.2 Å². The molecule has 210 valence electrons. The van der Waals surface area contributed by atoms with Gasteiger partial charge in [0.2, 0.25) is 0 Å². The van der Waals surface area contributed by atoms with Crippen LogP contribution in [0.1, 0.15) is 79.0 Å². The van der Waals surface area contributed by atoms with Crippen molar-refractivity contribution in [1.82, 2.24) is 0 Å². The molecule has 0 spiro atoms. The van der Waals surface area contributed by atoms with E-state index in [4.69, 9.17) is 3.16 Å². The van der Waals surface area contributed by atoms with E-state index in [1.54, 1.807) is 0 Å². The Morgan fingerprint density at radius 2 is 0.974 bits per heavy atom. The van der Waals surface area contributed by atoms with E-state index >= 15 is 0 Å². The number of benzene rings is 3. The second-order valence-electron chi connectivity index (χ2n) is 14.6. The third kappa shape index (κ3) is 7.13. The quantitative estimate of drug-likeness (QED) is 0.265. The summed E-state index contributed by atoms with van der Waals surface area (Å²) in [5.41, 5.74) is 6.15. The maximum atomic E-state index is 11.7. The van der Waals surface area contributed by atoms with Crippen LogP contribution in [0, 0.1) is 5.41 Å². The van der Waals surface area contributed by atoms with Gasteiger partial charge in [-0.1, -0.05) is 0 Å². The SMILES string of the molecule is CC(C)(C)[C](=[W]=[N][Si](C)(C)C)c1c(-c2cccc(C(C)(C)C)c2O)cccc1-c1cccc(C(C)(C)C)c1O. The van der Waals surface area contributed by atoms with Gasteiger partial charge in [-0.2, -0.15) is 0 Å². The van der Waals surface area contributed by atoms with Crippen LogP contribution in [0.15, 0.2) is 57.8 Å². The molecule has 0 aliphatic carbocycles. The summed E-state index contributed by atoms with van der Waals surface area (Å²) in [4.78, 5) is 0. The molecule has 39 heavy (non-hydrogen) atoms. The first-order valence-electron chi connectivity index (χ1n) is 13.8. The van der Waals surface area contributed by atoms with Crippen molar-refractivity contribution in [2.75, 3.05) is 0 Å². The van der Waals surface area contributed by atoms with Gasteiger partial charge in [0.05, 0.1) is 0 Å². The molecule has 0 aliphatic rings. The molecular weight excluding hydrogens is 666 g/mol. The number of para-hydroxylation sites is 2. The molecule has 3 aromatic carbocycles. The Balaban J connectivity index is 2.58. The Morgan fingerprint density at radius 3 is 1.31 bits per heavy atom. The summed E-state index contributed by atoms with van der Waals surface area (Å²) in [7, 11) is -1.63. The monoisotopic (exact) mass is 713 g/mol. The molecular formula is C34H47NO2SiW. The van der Waals surface area contributed by atoms with Crippen LogP contribution in [0.25, 0.3) is 22.3 Å². The molecule has 0 aromatic heterocycles. The van der Waals surface area contributed by atoms with Crippen molar-refractivity contribution in [3.63, 3.8) is 0 Å². The minimum atomic E-state index is -1.63. The summed E-state index contributed by atoms with van der Waals surface area (Å²) in [5.74, 6) is 0.660. The Morgan fingerprint density at radius 1 is 0.615 bits per heavy atom. The Kier molecular flexibility index (Phi) is 8.86. The predicted octanol–water partition coefficient (Wildman–Crippen LogP) is 9.69. The fourth-order valence-electron chi connectivity index (χ4n) is 4.72. The standard InChI is InChI=1S/C31H38O2.C3H9NSi.W/c1-29(2,3)19-24-20(22-15-11-17-25(27(22)32)30(4,5)6)13-10-14-21(24)23-16-12-18-26(28(23)33)31(7,8)9;1-5(2,3)4;/h10-18,32-33H,1-9H3;1-3H3;. The van der Waals surface area contributed by atoms with Crippen LogP contribution in [0.5, 0.6) is 11.5 Å². The van der Waals surface area contributed by atoms with Crippen LogP contribution in [-0.2, 0) is 28.7 Å². The van der Waals surface area contributed by atoms with E-state index in [0.717, 1.165) is 38.9 Å². The minimum absolute atomic E-state index is 0.118. The number of phenolic OH excluding ortho intramolecular Hbond substituents is 2. The average Bonchev–Trinajstić information content (AvgIpc) is 2.76. The van der Waals surface area contributed by atoms with Crippen LogP contribution in [0.4, 0.5) is 0 Å². The molecule has 0 amide bonds. The normalized spacial score (nSPS) is 12.8. The topological polar surface area (TPSA) is 52.8 Å². The number of aromatic hydroxyl groups is 2. The zero-order chi connectivity index (χ0) is 29.6. The summed E-state index contributed by atoms with van der Waals surface area (Å²) in [6.07, 6.45) is 0. The van der Waals surface area contributed by atoms with Crippen molar-refractivity contribution in [3.8, 4) is 33.8 Å².